The second-order valence-electron chi connectivity index (χ2n) is 4.13. The van der Waals surface area contributed by atoms with Crippen molar-refractivity contribution in [3.63, 3.8) is 0 Å². The highest BCUT2D eigenvalue weighted by Gasteiger charge is 2.09. The third-order valence-corrected chi connectivity index (χ3v) is 2.59. The average Bonchev–Trinajstić information content (AvgIpc) is 2.45. The first-order chi connectivity index (χ1) is 9.95. The molecule has 4 N–H and O–H groups in total. The van der Waals surface area contributed by atoms with Gasteiger partial charge in [-0.1, -0.05) is 0 Å². The minimum atomic E-state index is -1.20. The van der Waals surface area contributed by atoms with Crippen LogP contribution in [0.25, 0.3) is 0 Å². The topological polar surface area (TPSA) is 116 Å². The van der Waals surface area contributed by atoms with E-state index in [1.54, 1.807) is 0 Å². The van der Waals surface area contributed by atoms with Gasteiger partial charge in [0.15, 0.2) is 5.76 Å². The number of aliphatic hydroxyl groups excluding tert-OH is 1. The number of carbonyl (C=O) groups excluding carboxylic acids is 1. The summed E-state index contributed by atoms with van der Waals surface area (Å²) < 4.78 is 4.78. The summed E-state index contributed by atoms with van der Waals surface area (Å²) in [5.41, 5.74) is 0.386. The Hall–Kier alpha value is -2.70. The summed E-state index contributed by atoms with van der Waals surface area (Å²) in [6, 6.07) is 4.13. The first-order valence-corrected chi connectivity index (χ1v) is 6.28. The highest BCUT2D eigenvalue weighted by molar-refractivity contribution is 5.91. The van der Waals surface area contributed by atoms with E-state index in [2.05, 4.69) is 5.32 Å². The molecule has 1 rings (SSSR count). The molecule has 0 aromatic heterocycles. The van der Waals surface area contributed by atoms with Gasteiger partial charge in [0, 0.05) is 18.3 Å². The normalized spacial score (nSPS) is 11.0. The second kappa shape index (κ2) is 7.78. The van der Waals surface area contributed by atoms with Crippen molar-refractivity contribution >= 4 is 17.6 Å². The van der Waals surface area contributed by atoms with Gasteiger partial charge in [-0.15, -0.1) is 0 Å². The summed E-state index contributed by atoms with van der Waals surface area (Å²) >= 11 is 0. The van der Waals surface area contributed by atoms with Gasteiger partial charge in [-0.3, -0.25) is 0 Å². The van der Waals surface area contributed by atoms with Gasteiger partial charge in [0.25, 0.3) is 0 Å². The molecule has 0 saturated heterocycles. The Morgan fingerprint density at radius 3 is 2.62 bits per heavy atom. The van der Waals surface area contributed by atoms with Crippen LogP contribution in [0.5, 0.6) is 5.75 Å². The molecule has 0 heterocycles. The molecule has 7 heteroatoms. The van der Waals surface area contributed by atoms with Crippen LogP contribution in [-0.2, 0) is 9.53 Å². The van der Waals surface area contributed by atoms with Crippen molar-refractivity contribution in [2.24, 2.45) is 0 Å². The number of hydrogen-bond donors (Lipinski definition) is 4. The molecule has 0 bridgehead atoms. The molecule has 0 atom stereocenters. The van der Waals surface area contributed by atoms with Crippen molar-refractivity contribution in [1.82, 2.24) is 0 Å². The Balaban J connectivity index is 2.35. The summed E-state index contributed by atoms with van der Waals surface area (Å²) in [7, 11) is 0. The van der Waals surface area contributed by atoms with Crippen LogP contribution in [0.2, 0.25) is 0 Å². The van der Waals surface area contributed by atoms with E-state index < -0.39 is 17.7 Å². The molecule has 1 aromatic rings. The van der Waals surface area contributed by atoms with Gasteiger partial charge in [-0.25, -0.2) is 9.59 Å². The van der Waals surface area contributed by atoms with E-state index >= 15 is 0 Å². The van der Waals surface area contributed by atoms with E-state index in [1.807, 2.05) is 0 Å². The maximum absolute atomic E-state index is 11.1. The molecular formula is C14H17NO6. The zero-order valence-corrected chi connectivity index (χ0v) is 11.5. The van der Waals surface area contributed by atoms with Crippen LogP contribution in [0.1, 0.15) is 23.7 Å². The molecule has 114 valence electrons. The standard InChI is InChI=1S/C14H17NO6/c1-2-11(16)14(20)21-7-3-6-15-9-4-5-10(13(18)19)12(17)8-9/h2,4-5,8,15-17H,3,6-7H2,1H3,(H,18,19). The molecule has 0 radical (unpaired) electrons. The molecular weight excluding hydrogens is 278 g/mol. The Kier molecular flexibility index (Phi) is 6.06. The van der Waals surface area contributed by atoms with Crippen LogP contribution in [0.4, 0.5) is 5.69 Å². The molecule has 0 aliphatic heterocycles. The molecule has 0 spiro atoms. The monoisotopic (exact) mass is 295 g/mol. The Morgan fingerprint density at radius 2 is 2.05 bits per heavy atom. The van der Waals surface area contributed by atoms with Crippen molar-refractivity contribution in [3.05, 3.63) is 35.6 Å². The lowest BCUT2D eigenvalue weighted by molar-refractivity contribution is -0.142. The zero-order chi connectivity index (χ0) is 15.8. The third kappa shape index (κ3) is 5.06. The maximum Gasteiger partial charge on any atom is 0.373 e. The lowest BCUT2D eigenvalue weighted by Gasteiger charge is -2.08. The number of phenols is 1. The number of aromatic hydroxyl groups is 1. The van der Waals surface area contributed by atoms with Crippen molar-refractivity contribution in [2.75, 3.05) is 18.5 Å². The molecule has 0 saturated carbocycles. The van der Waals surface area contributed by atoms with Crippen molar-refractivity contribution in [1.29, 1.82) is 0 Å². The second-order valence-corrected chi connectivity index (χ2v) is 4.13. The van der Waals surface area contributed by atoms with Crippen LogP contribution in [0, 0.1) is 0 Å². The quantitative estimate of drug-likeness (QED) is 0.263. The highest BCUT2D eigenvalue weighted by Crippen LogP contribution is 2.21. The van der Waals surface area contributed by atoms with Crippen LogP contribution in [0.15, 0.2) is 30.0 Å². The number of hydrogen-bond acceptors (Lipinski definition) is 6. The number of anilines is 1. The summed E-state index contributed by atoms with van der Waals surface area (Å²) in [5.74, 6) is -2.73. The zero-order valence-electron chi connectivity index (χ0n) is 11.5. The predicted octanol–water partition coefficient (Wildman–Crippen LogP) is 1.90. The largest absolute Gasteiger partial charge is 0.507 e. The highest BCUT2D eigenvalue weighted by atomic mass is 16.5. The number of allylic oxidation sites excluding steroid dienone is 1. The van der Waals surface area contributed by atoms with Crippen LogP contribution in [-0.4, -0.2) is 40.4 Å². The summed E-state index contributed by atoms with van der Waals surface area (Å²) in [6.07, 6.45) is 1.73. The molecule has 0 amide bonds. The number of carboxylic acids is 1. The Labute approximate surface area is 121 Å². The number of benzene rings is 1. The fourth-order valence-corrected chi connectivity index (χ4v) is 1.48. The number of aromatic carboxylic acids is 1. The van der Waals surface area contributed by atoms with Gasteiger partial charge in [-0.05, 0) is 31.6 Å². The lowest BCUT2D eigenvalue weighted by atomic mass is 10.2. The first-order valence-electron chi connectivity index (χ1n) is 6.28. The van der Waals surface area contributed by atoms with E-state index in [-0.39, 0.29) is 17.9 Å². The fourth-order valence-electron chi connectivity index (χ4n) is 1.48. The minimum absolute atomic E-state index is 0.128. The number of aliphatic hydroxyl groups is 1. The molecule has 0 fully saturated rings. The van der Waals surface area contributed by atoms with Crippen molar-refractivity contribution in [3.8, 4) is 5.75 Å². The SMILES string of the molecule is CC=C(O)C(=O)OCCCNc1ccc(C(=O)O)c(O)c1. The van der Waals surface area contributed by atoms with E-state index in [4.69, 9.17) is 14.9 Å². The van der Waals surface area contributed by atoms with E-state index in [0.717, 1.165) is 0 Å². The summed E-state index contributed by atoms with van der Waals surface area (Å²) in [4.78, 5) is 21.8. The van der Waals surface area contributed by atoms with Gasteiger partial charge >= 0.3 is 11.9 Å². The van der Waals surface area contributed by atoms with Gasteiger partial charge in [0.05, 0.1) is 6.61 Å². The lowest BCUT2D eigenvalue weighted by Crippen LogP contribution is -2.11. The number of nitrogens with one attached hydrogen (secondary N) is 1. The number of ether oxygens (including phenoxy) is 1. The van der Waals surface area contributed by atoms with E-state index in [9.17, 15) is 14.7 Å². The fraction of sp³-hybridized carbons (Fsp3) is 0.286. The molecule has 7 nitrogen and oxygen atoms in total. The Bertz CT molecular complexity index is 552. The first kappa shape index (κ1) is 16.4. The molecule has 0 unspecified atom stereocenters. The van der Waals surface area contributed by atoms with Crippen molar-refractivity contribution < 1.29 is 29.6 Å². The number of carboxylic acid groups (broad SMARTS) is 1. The van der Waals surface area contributed by atoms with Gasteiger partial charge in [0.1, 0.15) is 11.3 Å². The van der Waals surface area contributed by atoms with Gasteiger partial charge in [0.2, 0.25) is 0 Å². The van der Waals surface area contributed by atoms with Crippen LogP contribution >= 0.6 is 0 Å². The van der Waals surface area contributed by atoms with E-state index in [0.29, 0.717) is 18.7 Å². The predicted molar refractivity (Wildman–Crippen MR) is 75.5 cm³/mol. The van der Waals surface area contributed by atoms with Crippen molar-refractivity contribution in [2.45, 2.75) is 13.3 Å². The van der Waals surface area contributed by atoms with E-state index in [1.165, 1.54) is 31.2 Å². The number of carbonyl (C=O) groups is 2. The van der Waals surface area contributed by atoms with Gasteiger partial charge in [-0.2, -0.15) is 0 Å². The molecule has 1 aromatic carbocycles. The summed E-state index contributed by atoms with van der Waals surface area (Å²) in [5, 5.41) is 30.3. The molecule has 0 aliphatic rings. The average molecular weight is 295 g/mol. The van der Waals surface area contributed by atoms with Gasteiger partial charge < -0.3 is 25.4 Å². The maximum atomic E-state index is 11.1. The third-order valence-electron chi connectivity index (χ3n) is 2.59. The Morgan fingerprint density at radius 1 is 1.33 bits per heavy atom. The number of rotatable bonds is 7. The minimum Gasteiger partial charge on any atom is -0.507 e. The molecule has 21 heavy (non-hydrogen) atoms. The molecule has 0 aliphatic carbocycles. The van der Waals surface area contributed by atoms with Crippen LogP contribution in [0.3, 0.4) is 0 Å². The smallest absolute Gasteiger partial charge is 0.373 e. The summed E-state index contributed by atoms with van der Waals surface area (Å²) in [6.45, 7) is 2.10. The van der Waals surface area contributed by atoms with Crippen LogP contribution < -0.4 is 5.32 Å². The number of esters is 1.